The molecule has 0 bridgehead atoms. The number of aryl methyl sites for hydroxylation is 1. The maximum Gasteiger partial charge on any atom is 0.252 e. The van der Waals surface area contributed by atoms with Gasteiger partial charge in [-0.15, -0.1) is 0 Å². The van der Waals surface area contributed by atoms with Crippen molar-refractivity contribution < 1.29 is 0 Å². The lowest BCUT2D eigenvalue weighted by molar-refractivity contribution is 0.566. The third kappa shape index (κ3) is 2.37. The summed E-state index contributed by atoms with van der Waals surface area (Å²) >= 11 is 0. The monoisotopic (exact) mass is 207 g/mol. The van der Waals surface area contributed by atoms with Crippen molar-refractivity contribution in [2.24, 2.45) is 0 Å². The molecule has 2 heterocycles. The molecule has 0 aromatic carbocycles. The number of hydrogen-bond acceptors (Lipinski definition) is 3. The van der Waals surface area contributed by atoms with Gasteiger partial charge in [0, 0.05) is 24.8 Å². The first-order valence-electron chi connectivity index (χ1n) is 5.65. The lowest BCUT2D eigenvalue weighted by Crippen LogP contribution is -2.32. The van der Waals surface area contributed by atoms with Crippen molar-refractivity contribution in [2.45, 2.75) is 32.6 Å². The van der Waals surface area contributed by atoms with E-state index in [0.717, 1.165) is 31.2 Å². The van der Waals surface area contributed by atoms with Crippen LogP contribution in [0.4, 0.5) is 5.95 Å². The molecular weight excluding hydrogens is 190 g/mol. The normalized spacial score (nSPS) is 16.7. The van der Waals surface area contributed by atoms with E-state index in [2.05, 4.69) is 14.9 Å². The summed E-state index contributed by atoms with van der Waals surface area (Å²) in [6, 6.07) is 1.58. The summed E-state index contributed by atoms with van der Waals surface area (Å²) < 4.78 is 0. The number of nitrogens with zero attached hydrogens (tertiary/aromatic N) is 2. The number of anilines is 1. The van der Waals surface area contributed by atoms with E-state index < -0.39 is 0 Å². The molecule has 0 aliphatic carbocycles. The number of nitrogens with one attached hydrogen (secondary N) is 1. The molecule has 1 N–H and O–H groups in total. The first-order chi connectivity index (χ1) is 7.29. The first-order valence-corrected chi connectivity index (χ1v) is 5.65. The molecule has 0 amide bonds. The molecule has 0 spiro atoms. The summed E-state index contributed by atoms with van der Waals surface area (Å²) in [5.41, 5.74) is 0.835. The molecule has 0 unspecified atom stereocenters. The molecule has 1 aliphatic heterocycles. The van der Waals surface area contributed by atoms with Crippen LogP contribution in [0.15, 0.2) is 10.9 Å². The number of aromatic amines is 1. The lowest BCUT2D eigenvalue weighted by atomic mass is 10.1. The van der Waals surface area contributed by atoms with E-state index in [1.807, 2.05) is 6.92 Å². The maximum absolute atomic E-state index is 11.4. The molecule has 4 nitrogen and oxygen atoms in total. The van der Waals surface area contributed by atoms with Gasteiger partial charge in [-0.05, 0) is 25.7 Å². The van der Waals surface area contributed by atoms with Gasteiger partial charge in [-0.3, -0.25) is 9.78 Å². The van der Waals surface area contributed by atoms with E-state index in [1.165, 1.54) is 19.3 Å². The molecule has 82 valence electrons. The van der Waals surface area contributed by atoms with E-state index in [4.69, 9.17) is 0 Å². The summed E-state index contributed by atoms with van der Waals surface area (Å²) in [6.07, 6.45) is 4.49. The number of hydrogen-bond donors (Lipinski definition) is 1. The zero-order chi connectivity index (χ0) is 10.7. The summed E-state index contributed by atoms with van der Waals surface area (Å²) in [5, 5.41) is 0. The van der Waals surface area contributed by atoms with Gasteiger partial charge in [0.05, 0.1) is 0 Å². The first kappa shape index (κ1) is 10.2. The topological polar surface area (TPSA) is 49.0 Å². The Balaban J connectivity index is 2.26. The van der Waals surface area contributed by atoms with E-state index in [-0.39, 0.29) is 5.56 Å². The third-order valence-electron chi connectivity index (χ3n) is 2.80. The number of H-pyrrole nitrogens is 1. The summed E-state index contributed by atoms with van der Waals surface area (Å²) in [6.45, 7) is 4.04. The minimum absolute atomic E-state index is 0.0394. The van der Waals surface area contributed by atoms with Gasteiger partial charge in [0.2, 0.25) is 5.95 Å². The summed E-state index contributed by atoms with van der Waals surface area (Å²) in [5.74, 6) is 0.749. The smallest absolute Gasteiger partial charge is 0.252 e. The Morgan fingerprint density at radius 3 is 2.80 bits per heavy atom. The molecule has 1 aromatic heterocycles. The predicted octanol–water partition coefficient (Wildman–Crippen LogP) is 1.32. The van der Waals surface area contributed by atoms with E-state index in [9.17, 15) is 4.79 Å². The molecule has 1 fully saturated rings. The van der Waals surface area contributed by atoms with Crippen molar-refractivity contribution in [1.29, 1.82) is 0 Å². The Labute approximate surface area is 89.3 Å². The highest BCUT2D eigenvalue weighted by atomic mass is 16.1. The van der Waals surface area contributed by atoms with Crippen molar-refractivity contribution in [3.63, 3.8) is 0 Å². The van der Waals surface area contributed by atoms with Crippen molar-refractivity contribution in [1.82, 2.24) is 9.97 Å². The van der Waals surface area contributed by atoms with Crippen molar-refractivity contribution >= 4 is 5.95 Å². The average molecular weight is 207 g/mol. The Kier molecular flexibility index (Phi) is 3.04. The van der Waals surface area contributed by atoms with Gasteiger partial charge in [-0.1, -0.05) is 6.92 Å². The fourth-order valence-electron chi connectivity index (χ4n) is 1.93. The molecule has 1 saturated heterocycles. The zero-order valence-corrected chi connectivity index (χ0v) is 9.12. The van der Waals surface area contributed by atoms with Crippen LogP contribution in [0.3, 0.4) is 0 Å². The minimum atomic E-state index is -0.0394. The Hall–Kier alpha value is -1.32. The lowest BCUT2D eigenvalue weighted by Gasteiger charge is -2.27. The van der Waals surface area contributed by atoms with Gasteiger partial charge < -0.3 is 4.90 Å². The Bertz CT molecular complexity index is 380. The third-order valence-corrected chi connectivity index (χ3v) is 2.80. The fraction of sp³-hybridized carbons (Fsp3) is 0.636. The van der Waals surface area contributed by atoms with Gasteiger partial charge in [0.15, 0.2) is 0 Å². The van der Waals surface area contributed by atoms with E-state index >= 15 is 0 Å². The molecule has 1 aliphatic rings. The standard InChI is InChI=1S/C11H17N3O/c1-2-9-8-10(15)13-11(12-9)14-6-4-3-5-7-14/h8H,2-7H2,1H3,(H,12,13,15). The molecule has 0 radical (unpaired) electrons. The molecule has 2 rings (SSSR count). The molecule has 4 heteroatoms. The van der Waals surface area contributed by atoms with Gasteiger partial charge in [-0.2, -0.15) is 0 Å². The molecule has 15 heavy (non-hydrogen) atoms. The van der Waals surface area contributed by atoms with Crippen molar-refractivity contribution in [3.8, 4) is 0 Å². The van der Waals surface area contributed by atoms with Crippen LogP contribution in [-0.2, 0) is 6.42 Å². The van der Waals surface area contributed by atoms with Crippen molar-refractivity contribution in [3.05, 3.63) is 22.1 Å². The second-order valence-corrected chi connectivity index (χ2v) is 3.96. The van der Waals surface area contributed by atoms with Crippen LogP contribution in [0.5, 0.6) is 0 Å². The van der Waals surface area contributed by atoms with Gasteiger partial charge in [0.25, 0.3) is 5.56 Å². The molecule has 1 aromatic rings. The maximum atomic E-state index is 11.4. The second kappa shape index (κ2) is 4.47. The summed E-state index contributed by atoms with van der Waals surface area (Å²) in [4.78, 5) is 20.8. The highest BCUT2D eigenvalue weighted by molar-refractivity contribution is 5.30. The van der Waals surface area contributed by atoms with Crippen molar-refractivity contribution in [2.75, 3.05) is 18.0 Å². The number of aromatic nitrogens is 2. The Morgan fingerprint density at radius 1 is 1.40 bits per heavy atom. The zero-order valence-electron chi connectivity index (χ0n) is 9.12. The van der Waals surface area contributed by atoms with E-state index in [0.29, 0.717) is 0 Å². The quantitative estimate of drug-likeness (QED) is 0.795. The SMILES string of the molecule is CCc1cc(=O)[nH]c(N2CCCCC2)n1. The van der Waals surface area contributed by atoms with Gasteiger partial charge >= 0.3 is 0 Å². The van der Waals surface area contributed by atoms with Crippen LogP contribution in [0.25, 0.3) is 0 Å². The summed E-state index contributed by atoms with van der Waals surface area (Å²) in [7, 11) is 0. The highest BCUT2D eigenvalue weighted by Gasteiger charge is 2.13. The minimum Gasteiger partial charge on any atom is -0.342 e. The fourth-order valence-corrected chi connectivity index (χ4v) is 1.93. The Morgan fingerprint density at radius 2 is 2.13 bits per heavy atom. The average Bonchev–Trinajstić information content (AvgIpc) is 2.29. The molecule has 0 saturated carbocycles. The van der Waals surface area contributed by atoms with Crippen LogP contribution in [0, 0.1) is 0 Å². The predicted molar refractivity (Wildman–Crippen MR) is 60.3 cm³/mol. The van der Waals surface area contributed by atoms with Crippen LogP contribution >= 0.6 is 0 Å². The molecule has 0 atom stereocenters. The number of rotatable bonds is 2. The molecular formula is C11H17N3O. The van der Waals surface area contributed by atoms with E-state index in [1.54, 1.807) is 6.07 Å². The second-order valence-electron chi connectivity index (χ2n) is 3.96. The van der Waals surface area contributed by atoms with Crippen LogP contribution in [0.2, 0.25) is 0 Å². The largest absolute Gasteiger partial charge is 0.342 e. The highest BCUT2D eigenvalue weighted by Crippen LogP contribution is 2.14. The van der Waals surface area contributed by atoms with Crippen LogP contribution < -0.4 is 10.5 Å². The van der Waals surface area contributed by atoms with Crippen LogP contribution in [-0.4, -0.2) is 23.1 Å². The number of piperidine rings is 1. The van der Waals surface area contributed by atoms with Gasteiger partial charge in [-0.25, -0.2) is 4.98 Å². The van der Waals surface area contributed by atoms with Crippen LogP contribution in [0.1, 0.15) is 31.9 Å². The van der Waals surface area contributed by atoms with Gasteiger partial charge in [0.1, 0.15) is 0 Å².